The number of phosphoric acid groups is 1. The maximum Gasteiger partial charge on any atom is 0.472 e. The van der Waals surface area contributed by atoms with E-state index in [0.717, 1.165) is 64.2 Å². The normalized spacial score (nSPS) is 17.9. The molecule has 0 bridgehead atoms. The number of hydrogen-bond donors (Lipinski definition) is 1. The van der Waals surface area contributed by atoms with E-state index in [1.807, 2.05) is 33.3 Å². The van der Waals surface area contributed by atoms with Crippen molar-refractivity contribution in [3.8, 4) is 0 Å². The standard InChI is InChI=1S/C48H78NO9P/c1-6-8-10-12-14-16-17-18-19-20-21-22-23-25-27-29-34-38-47(50)54-42-44(43-56-59(52,53)55-41-40-49(3,4)5)57-48(51)39-35-31-30-33-37-46-45(58-46)36-32-28-26-24-15-13-11-9-7-2/h8,10,14-16,18-19,21-22,24-25,27-28,30,32-33,44-46H,6-7,9,11-13,17,20,23,26,29,31,34-43H2,1-5H3/p+1/b10-8-,16-14-,19-18-,22-21-,24-15-,27-25-,32-28-,33-30-/t44-,45?,46?/m1/s1. The van der Waals surface area contributed by atoms with Crippen LogP contribution in [0.1, 0.15) is 129 Å². The number of esters is 2. The molecule has 334 valence electrons. The summed E-state index contributed by atoms with van der Waals surface area (Å²) in [4.78, 5) is 35.4. The van der Waals surface area contributed by atoms with Crippen LogP contribution in [-0.4, -0.2) is 87.1 Å². The second-order valence-corrected chi connectivity index (χ2v) is 17.2. The third-order valence-corrected chi connectivity index (χ3v) is 9.98. The molecule has 11 heteroatoms. The average Bonchev–Trinajstić information content (AvgIpc) is 3.94. The second kappa shape index (κ2) is 35.6. The highest BCUT2D eigenvalue weighted by Gasteiger charge is 2.36. The lowest BCUT2D eigenvalue weighted by Gasteiger charge is -2.24. The molecule has 4 atom stereocenters. The summed E-state index contributed by atoms with van der Waals surface area (Å²) in [7, 11) is 1.38. The number of rotatable bonds is 37. The third-order valence-electron chi connectivity index (χ3n) is 9.00. The Morgan fingerprint density at radius 3 is 1.64 bits per heavy atom. The quantitative estimate of drug-likeness (QED) is 0.0163. The van der Waals surface area contributed by atoms with Crippen molar-refractivity contribution in [2.24, 2.45) is 0 Å². The first kappa shape index (κ1) is 53.9. The van der Waals surface area contributed by atoms with Crippen LogP contribution in [0, 0.1) is 0 Å². The number of likely N-dealkylation sites (N-methyl/N-ethyl adjacent to an activating group) is 1. The Kier molecular flexibility index (Phi) is 32.6. The Morgan fingerprint density at radius 1 is 0.627 bits per heavy atom. The van der Waals surface area contributed by atoms with Crippen LogP contribution in [0.2, 0.25) is 0 Å². The van der Waals surface area contributed by atoms with Crippen LogP contribution in [0.25, 0.3) is 0 Å². The minimum atomic E-state index is -4.42. The first-order valence-electron chi connectivity index (χ1n) is 22.1. The minimum absolute atomic E-state index is 0.00379. The van der Waals surface area contributed by atoms with Gasteiger partial charge in [-0.05, 0) is 89.9 Å². The number of phosphoric ester groups is 1. The number of hydrogen-bond acceptors (Lipinski definition) is 8. The largest absolute Gasteiger partial charge is 0.472 e. The number of epoxide rings is 1. The summed E-state index contributed by atoms with van der Waals surface area (Å²) >= 11 is 0. The Balaban J connectivity index is 2.39. The number of nitrogens with zero attached hydrogens (tertiary/aromatic N) is 1. The topological polar surface area (TPSA) is 121 Å². The number of quaternary nitrogens is 1. The lowest BCUT2D eigenvalue weighted by Crippen LogP contribution is -2.37. The summed E-state index contributed by atoms with van der Waals surface area (Å²) < 4.78 is 40.0. The maximum atomic E-state index is 12.7. The molecule has 0 radical (unpaired) electrons. The summed E-state index contributed by atoms with van der Waals surface area (Å²) in [5.74, 6) is -0.952. The summed E-state index contributed by atoms with van der Waals surface area (Å²) in [5.41, 5.74) is 0. The summed E-state index contributed by atoms with van der Waals surface area (Å²) in [6.45, 7) is 4.10. The van der Waals surface area contributed by atoms with Crippen LogP contribution >= 0.6 is 7.82 Å². The minimum Gasteiger partial charge on any atom is -0.462 e. The molecule has 1 heterocycles. The van der Waals surface area contributed by atoms with Gasteiger partial charge in [-0.25, -0.2) is 4.57 Å². The SMILES string of the molecule is CC/C=C\C/C=C\C/C=C\C/C=C\C/C=C\CCCC(=O)OC[C@H](COP(=O)(O)OCC[N+](C)(C)C)OC(=O)CCC/C=C\CC1OC1C/C=C\C/C=C\CCCCC. The molecule has 0 spiro atoms. The van der Waals surface area contributed by atoms with Gasteiger partial charge in [-0.2, -0.15) is 0 Å². The fourth-order valence-electron chi connectivity index (χ4n) is 5.43. The molecule has 10 nitrogen and oxygen atoms in total. The van der Waals surface area contributed by atoms with E-state index < -0.39 is 32.5 Å². The predicted octanol–water partition coefficient (Wildman–Crippen LogP) is 11.6. The monoisotopic (exact) mass is 845 g/mol. The van der Waals surface area contributed by atoms with Crippen molar-refractivity contribution >= 4 is 19.8 Å². The van der Waals surface area contributed by atoms with E-state index in [2.05, 4.69) is 98.9 Å². The van der Waals surface area contributed by atoms with Gasteiger partial charge >= 0.3 is 19.8 Å². The highest BCUT2D eigenvalue weighted by molar-refractivity contribution is 7.47. The number of ether oxygens (including phenoxy) is 3. The maximum absolute atomic E-state index is 12.7. The Labute approximate surface area is 358 Å². The molecular formula is C48H79NO9P+. The van der Waals surface area contributed by atoms with Crippen molar-refractivity contribution in [2.45, 2.75) is 148 Å². The van der Waals surface area contributed by atoms with Crippen molar-refractivity contribution < 1.29 is 46.8 Å². The van der Waals surface area contributed by atoms with Crippen LogP contribution in [-0.2, 0) is 37.4 Å². The molecule has 0 aromatic rings. The van der Waals surface area contributed by atoms with Gasteiger partial charge in [0.05, 0.1) is 40.0 Å². The fraction of sp³-hybridized carbons (Fsp3) is 0.625. The van der Waals surface area contributed by atoms with E-state index in [1.54, 1.807) is 0 Å². The molecule has 0 aromatic carbocycles. The van der Waals surface area contributed by atoms with E-state index in [1.165, 1.54) is 19.3 Å². The van der Waals surface area contributed by atoms with Crippen LogP contribution in [0.4, 0.5) is 0 Å². The Bertz CT molecular complexity index is 1390. The molecule has 1 N–H and O–H groups in total. The van der Waals surface area contributed by atoms with Crippen molar-refractivity contribution in [1.29, 1.82) is 0 Å². The second-order valence-electron chi connectivity index (χ2n) is 15.7. The lowest BCUT2D eigenvalue weighted by molar-refractivity contribution is -0.870. The van der Waals surface area contributed by atoms with Gasteiger partial charge in [-0.1, -0.05) is 124 Å². The highest BCUT2D eigenvalue weighted by Crippen LogP contribution is 2.43. The van der Waals surface area contributed by atoms with Gasteiger partial charge in [-0.3, -0.25) is 18.6 Å². The zero-order valence-corrected chi connectivity index (χ0v) is 38.0. The molecule has 0 aliphatic carbocycles. The van der Waals surface area contributed by atoms with Gasteiger partial charge in [0.25, 0.3) is 0 Å². The number of unbranched alkanes of at least 4 members (excludes halogenated alkanes) is 5. The lowest BCUT2D eigenvalue weighted by atomic mass is 10.1. The van der Waals surface area contributed by atoms with Crippen molar-refractivity contribution in [3.63, 3.8) is 0 Å². The summed E-state index contributed by atoms with van der Waals surface area (Å²) in [6.07, 6.45) is 49.2. The molecule has 1 aliphatic heterocycles. The fourth-order valence-corrected chi connectivity index (χ4v) is 6.18. The zero-order valence-electron chi connectivity index (χ0n) is 37.1. The van der Waals surface area contributed by atoms with Gasteiger partial charge in [-0.15, -0.1) is 0 Å². The van der Waals surface area contributed by atoms with E-state index in [-0.39, 0.29) is 38.3 Å². The Morgan fingerprint density at radius 2 is 1.10 bits per heavy atom. The number of carbonyl (C=O) groups is 2. The van der Waals surface area contributed by atoms with Crippen LogP contribution < -0.4 is 0 Å². The average molecular weight is 845 g/mol. The molecule has 3 unspecified atom stereocenters. The first-order chi connectivity index (χ1) is 28.5. The van der Waals surface area contributed by atoms with Gasteiger partial charge < -0.3 is 23.6 Å². The van der Waals surface area contributed by atoms with Gasteiger partial charge in [0, 0.05) is 12.8 Å². The molecule has 1 saturated heterocycles. The van der Waals surface area contributed by atoms with Gasteiger partial charge in [0.1, 0.15) is 19.8 Å². The summed E-state index contributed by atoms with van der Waals surface area (Å²) in [5, 5.41) is 0. The van der Waals surface area contributed by atoms with Crippen molar-refractivity contribution in [1.82, 2.24) is 0 Å². The van der Waals surface area contributed by atoms with E-state index in [0.29, 0.717) is 30.3 Å². The van der Waals surface area contributed by atoms with Crippen molar-refractivity contribution in [2.75, 3.05) is 47.5 Å². The van der Waals surface area contributed by atoms with Crippen molar-refractivity contribution in [3.05, 3.63) is 97.2 Å². The number of carbonyl (C=O) groups excluding carboxylic acids is 2. The van der Waals surface area contributed by atoms with E-state index in [9.17, 15) is 19.0 Å². The zero-order chi connectivity index (χ0) is 43.3. The first-order valence-corrected chi connectivity index (χ1v) is 23.6. The molecule has 0 aromatic heterocycles. The molecule has 59 heavy (non-hydrogen) atoms. The highest BCUT2D eigenvalue weighted by atomic mass is 31.2. The molecule has 0 saturated carbocycles. The van der Waals surface area contributed by atoms with E-state index in [4.69, 9.17) is 23.3 Å². The molecule has 1 aliphatic rings. The third kappa shape index (κ3) is 36.5. The summed E-state index contributed by atoms with van der Waals surface area (Å²) in [6, 6.07) is 0. The predicted molar refractivity (Wildman–Crippen MR) is 242 cm³/mol. The molecule has 1 fully saturated rings. The van der Waals surface area contributed by atoms with Gasteiger partial charge in [0.2, 0.25) is 0 Å². The molecule has 1 rings (SSSR count). The van der Waals surface area contributed by atoms with Gasteiger partial charge in [0.15, 0.2) is 6.10 Å². The van der Waals surface area contributed by atoms with Crippen LogP contribution in [0.3, 0.4) is 0 Å². The molecule has 0 amide bonds. The van der Waals surface area contributed by atoms with Crippen LogP contribution in [0.5, 0.6) is 0 Å². The van der Waals surface area contributed by atoms with E-state index >= 15 is 0 Å². The molecular weight excluding hydrogens is 765 g/mol. The Hall–Kier alpha value is -3.11. The number of allylic oxidation sites excluding steroid dienone is 14. The van der Waals surface area contributed by atoms with Crippen LogP contribution in [0.15, 0.2) is 97.2 Å². The smallest absolute Gasteiger partial charge is 0.462 e.